The van der Waals surface area contributed by atoms with E-state index in [4.69, 9.17) is 5.11 Å². The van der Waals surface area contributed by atoms with Gasteiger partial charge in [0.1, 0.15) is 0 Å². The van der Waals surface area contributed by atoms with E-state index in [-0.39, 0.29) is 0 Å². The van der Waals surface area contributed by atoms with E-state index >= 15 is 0 Å². The molecular formula is C13H21NO2. The van der Waals surface area contributed by atoms with Crippen LogP contribution in [0.1, 0.15) is 50.6 Å². The number of unbranched alkanes of at least 4 members (excludes halogenated alkanes) is 5. The second kappa shape index (κ2) is 7.97. The molecule has 0 spiro atoms. The van der Waals surface area contributed by atoms with Gasteiger partial charge in [-0.3, -0.25) is 4.79 Å². The fraction of sp³-hybridized carbons (Fsp3) is 0.615. The molecule has 0 atom stereocenters. The maximum Gasteiger partial charge on any atom is 0.303 e. The van der Waals surface area contributed by atoms with Crippen LogP contribution in [0.15, 0.2) is 18.3 Å². The van der Waals surface area contributed by atoms with Gasteiger partial charge >= 0.3 is 5.97 Å². The molecule has 1 rings (SSSR count). The topological polar surface area (TPSA) is 53.1 Å². The molecular weight excluding hydrogens is 202 g/mol. The molecule has 1 aromatic heterocycles. The number of hydrogen-bond donors (Lipinski definition) is 2. The monoisotopic (exact) mass is 223 g/mol. The fourth-order valence-corrected chi connectivity index (χ4v) is 1.82. The van der Waals surface area contributed by atoms with Crippen LogP contribution in [0.2, 0.25) is 0 Å². The van der Waals surface area contributed by atoms with Crippen LogP contribution < -0.4 is 0 Å². The second-order valence-corrected chi connectivity index (χ2v) is 4.21. The van der Waals surface area contributed by atoms with E-state index in [1.807, 2.05) is 12.3 Å². The van der Waals surface area contributed by atoms with Crippen molar-refractivity contribution in [1.82, 2.24) is 4.98 Å². The molecule has 3 nitrogen and oxygen atoms in total. The van der Waals surface area contributed by atoms with Crippen molar-refractivity contribution in [3.8, 4) is 0 Å². The molecule has 16 heavy (non-hydrogen) atoms. The second-order valence-electron chi connectivity index (χ2n) is 4.21. The average molecular weight is 223 g/mol. The number of H-pyrrole nitrogens is 1. The predicted octanol–water partition coefficient (Wildman–Crippen LogP) is 3.37. The van der Waals surface area contributed by atoms with Gasteiger partial charge in [0.2, 0.25) is 0 Å². The third-order valence-electron chi connectivity index (χ3n) is 2.75. The first kappa shape index (κ1) is 12.8. The molecule has 1 aromatic rings. The molecule has 1 heterocycles. The van der Waals surface area contributed by atoms with Gasteiger partial charge in [-0.25, -0.2) is 0 Å². The molecule has 0 saturated heterocycles. The highest BCUT2D eigenvalue weighted by molar-refractivity contribution is 5.66. The lowest BCUT2D eigenvalue weighted by atomic mass is 10.1. The third kappa shape index (κ3) is 6.27. The molecule has 0 aliphatic rings. The van der Waals surface area contributed by atoms with E-state index in [1.54, 1.807) is 0 Å². The Kier molecular flexibility index (Phi) is 6.38. The van der Waals surface area contributed by atoms with E-state index in [2.05, 4.69) is 11.1 Å². The van der Waals surface area contributed by atoms with Gasteiger partial charge in [0.05, 0.1) is 0 Å². The smallest absolute Gasteiger partial charge is 0.303 e. The Bertz CT molecular complexity index is 280. The number of carboxylic acid groups (broad SMARTS) is 1. The summed E-state index contributed by atoms with van der Waals surface area (Å²) in [5, 5.41) is 8.46. The maximum absolute atomic E-state index is 10.3. The van der Waals surface area contributed by atoms with E-state index < -0.39 is 5.97 Å². The van der Waals surface area contributed by atoms with Gasteiger partial charge in [0, 0.05) is 18.3 Å². The van der Waals surface area contributed by atoms with Crippen LogP contribution in [0.4, 0.5) is 0 Å². The Morgan fingerprint density at radius 1 is 1.12 bits per heavy atom. The van der Waals surface area contributed by atoms with E-state index in [0.29, 0.717) is 6.42 Å². The molecule has 0 fully saturated rings. The van der Waals surface area contributed by atoms with Crippen LogP contribution in [-0.4, -0.2) is 16.1 Å². The number of aromatic amines is 1. The first-order chi connectivity index (χ1) is 7.79. The highest BCUT2D eigenvalue weighted by atomic mass is 16.4. The lowest BCUT2D eigenvalue weighted by molar-refractivity contribution is -0.137. The zero-order chi connectivity index (χ0) is 11.6. The SMILES string of the molecule is O=C(O)CCCCCCCCc1ccc[nH]1. The van der Waals surface area contributed by atoms with Crippen molar-refractivity contribution in [2.45, 2.75) is 51.4 Å². The summed E-state index contributed by atoms with van der Waals surface area (Å²) in [6.07, 6.45) is 10.1. The molecule has 0 amide bonds. The number of hydrogen-bond acceptors (Lipinski definition) is 1. The normalized spacial score (nSPS) is 10.5. The standard InChI is InChI=1S/C13H21NO2/c15-13(16)10-6-4-2-1-3-5-8-12-9-7-11-14-12/h7,9,11,14H,1-6,8,10H2,(H,15,16). The van der Waals surface area contributed by atoms with Gasteiger partial charge in [-0.15, -0.1) is 0 Å². The lowest BCUT2D eigenvalue weighted by Gasteiger charge is -2.00. The molecule has 0 bridgehead atoms. The highest BCUT2D eigenvalue weighted by Crippen LogP contribution is 2.09. The van der Waals surface area contributed by atoms with Gasteiger partial charge < -0.3 is 10.1 Å². The van der Waals surface area contributed by atoms with Crippen LogP contribution in [0.5, 0.6) is 0 Å². The van der Waals surface area contributed by atoms with Gasteiger partial charge in [-0.05, 0) is 31.4 Å². The molecule has 90 valence electrons. The van der Waals surface area contributed by atoms with Gasteiger partial charge in [0.15, 0.2) is 0 Å². The number of carbonyl (C=O) groups is 1. The third-order valence-corrected chi connectivity index (χ3v) is 2.75. The van der Waals surface area contributed by atoms with Crippen molar-refractivity contribution >= 4 is 5.97 Å². The fourth-order valence-electron chi connectivity index (χ4n) is 1.82. The number of carboxylic acids is 1. The Labute approximate surface area is 96.9 Å². The van der Waals surface area contributed by atoms with Crippen molar-refractivity contribution in [3.63, 3.8) is 0 Å². The van der Waals surface area contributed by atoms with Crippen LogP contribution >= 0.6 is 0 Å². The minimum absolute atomic E-state index is 0.322. The zero-order valence-corrected chi connectivity index (χ0v) is 9.74. The quantitative estimate of drug-likeness (QED) is 0.630. The lowest BCUT2D eigenvalue weighted by Crippen LogP contribution is -1.93. The number of aryl methyl sites for hydroxylation is 1. The van der Waals surface area contributed by atoms with Crippen molar-refractivity contribution in [2.75, 3.05) is 0 Å². The summed E-state index contributed by atoms with van der Waals surface area (Å²) in [6, 6.07) is 4.15. The molecule has 2 N–H and O–H groups in total. The van der Waals surface area contributed by atoms with Crippen LogP contribution in [0.3, 0.4) is 0 Å². The molecule has 0 aromatic carbocycles. The molecule has 0 saturated carbocycles. The first-order valence-corrected chi connectivity index (χ1v) is 6.13. The summed E-state index contributed by atoms with van der Waals surface area (Å²) in [4.78, 5) is 13.5. The molecule has 0 aliphatic carbocycles. The van der Waals surface area contributed by atoms with E-state index in [9.17, 15) is 4.79 Å². The van der Waals surface area contributed by atoms with E-state index in [0.717, 1.165) is 25.7 Å². The predicted molar refractivity (Wildman–Crippen MR) is 64.5 cm³/mol. The molecule has 0 aliphatic heterocycles. The summed E-state index contributed by atoms with van der Waals surface area (Å²) in [5.41, 5.74) is 1.31. The summed E-state index contributed by atoms with van der Waals surface area (Å²) in [7, 11) is 0. The van der Waals surface area contributed by atoms with Crippen LogP contribution in [0.25, 0.3) is 0 Å². The number of rotatable bonds is 9. The van der Waals surface area contributed by atoms with Gasteiger partial charge in [0.25, 0.3) is 0 Å². The Morgan fingerprint density at radius 2 is 1.81 bits per heavy atom. The Balaban J connectivity index is 1.83. The summed E-state index contributed by atoms with van der Waals surface area (Å²) in [6.45, 7) is 0. The van der Waals surface area contributed by atoms with Gasteiger partial charge in [-0.1, -0.05) is 25.7 Å². The van der Waals surface area contributed by atoms with Crippen molar-refractivity contribution < 1.29 is 9.90 Å². The highest BCUT2D eigenvalue weighted by Gasteiger charge is 1.97. The van der Waals surface area contributed by atoms with Crippen LogP contribution in [-0.2, 0) is 11.2 Å². The van der Waals surface area contributed by atoms with Crippen LogP contribution in [0, 0.1) is 0 Å². The number of nitrogens with one attached hydrogen (secondary N) is 1. The maximum atomic E-state index is 10.3. The minimum atomic E-state index is -0.674. The Morgan fingerprint density at radius 3 is 2.44 bits per heavy atom. The zero-order valence-electron chi connectivity index (χ0n) is 9.74. The van der Waals surface area contributed by atoms with Crippen molar-refractivity contribution in [2.24, 2.45) is 0 Å². The number of aromatic nitrogens is 1. The average Bonchev–Trinajstić information content (AvgIpc) is 2.74. The molecule has 0 unspecified atom stereocenters. The largest absolute Gasteiger partial charge is 0.481 e. The summed E-state index contributed by atoms with van der Waals surface area (Å²) < 4.78 is 0. The van der Waals surface area contributed by atoms with Crippen molar-refractivity contribution in [1.29, 1.82) is 0 Å². The van der Waals surface area contributed by atoms with E-state index in [1.165, 1.54) is 25.0 Å². The molecule has 3 heteroatoms. The summed E-state index contributed by atoms with van der Waals surface area (Å²) >= 11 is 0. The minimum Gasteiger partial charge on any atom is -0.481 e. The molecule has 0 radical (unpaired) electrons. The Hall–Kier alpha value is -1.25. The number of aliphatic carboxylic acids is 1. The summed E-state index contributed by atoms with van der Waals surface area (Å²) in [5.74, 6) is -0.674. The van der Waals surface area contributed by atoms with Gasteiger partial charge in [-0.2, -0.15) is 0 Å². The first-order valence-electron chi connectivity index (χ1n) is 6.13. The van der Waals surface area contributed by atoms with Crippen molar-refractivity contribution in [3.05, 3.63) is 24.0 Å².